The lowest BCUT2D eigenvalue weighted by Gasteiger charge is -2.12. The van der Waals surface area contributed by atoms with Crippen molar-refractivity contribution in [1.29, 1.82) is 5.26 Å². The molecule has 5 nitrogen and oxygen atoms in total. The van der Waals surface area contributed by atoms with Crippen molar-refractivity contribution in [3.05, 3.63) is 64.2 Å². The van der Waals surface area contributed by atoms with Gasteiger partial charge in [-0.1, -0.05) is 29.3 Å². The van der Waals surface area contributed by atoms with Crippen LogP contribution in [0.25, 0.3) is 6.08 Å². The number of benzene rings is 2. The Morgan fingerprint density at radius 2 is 1.88 bits per heavy atom. The van der Waals surface area contributed by atoms with Gasteiger partial charge in [-0.15, -0.1) is 0 Å². The van der Waals surface area contributed by atoms with Gasteiger partial charge >= 0.3 is 0 Å². The molecule has 0 unspecified atom stereocenters. The Kier molecular flexibility index (Phi) is 5.80. The molecule has 0 radical (unpaired) electrons. The number of hydrogen-bond acceptors (Lipinski definition) is 4. The Hall–Kier alpha value is -3.26. The first-order valence-corrected chi connectivity index (χ1v) is 7.72. The molecule has 0 atom stereocenters. The van der Waals surface area contributed by atoms with E-state index in [0.717, 1.165) is 16.7 Å². The van der Waals surface area contributed by atoms with Crippen LogP contribution in [0.2, 0.25) is 0 Å². The highest BCUT2D eigenvalue weighted by atomic mass is 16.5. The lowest BCUT2D eigenvalue weighted by Crippen LogP contribution is -2.12. The van der Waals surface area contributed by atoms with Crippen LogP contribution >= 0.6 is 0 Å². The van der Waals surface area contributed by atoms with Crippen molar-refractivity contribution in [2.75, 3.05) is 7.11 Å². The SMILES string of the molecule is COc1ccc(/C=C(\C#N)C(N)=O)c(OCc2cc(C)cc(C)c2)c1. The van der Waals surface area contributed by atoms with Crippen LogP contribution in [0.1, 0.15) is 22.3 Å². The summed E-state index contributed by atoms with van der Waals surface area (Å²) in [7, 11) is 1.56. The van der Waals surface area contributed by atoms with E-state index in [2.05, 4.69) is 6.07 Å². The number of nitriles is 1. The van der Waals surface area contributed by atoms with Gasteiger partial charge in [-0.25, -0.2) is 0 Å². The van der Waals surface area contributed by atoms with Crippen molar-refractivity contribution >= 4 is 12.0 Å². The molecule has 1 amide bonds. The summed E-state index contributed by atoms with van der Waals surface area (Å²) in [6, 6.07) is 13.1. The van der Waals surface area contributed by atoms with Gasteiger partial charge in [0.1, 0.15) is 29.7 Å². The molecule has 0 heterocycles. The first kappa shape index (κ1) is 18.1. The lowest BCUT2D eigenvalue weighted by molar-refractivity contribution is -0.114. The standard InChI is InChI=1S/C20H20N2O3/c1-13-6-14(2)8-15(7-13)12-25-19-10-18(24-3)5-4-16(19)9-17(11-21)20(22)23/h4-10H,12H2,1-3H3,(H2,22,23)/b17-9+. The van der Waals surface area contributed by atoms with Crippen LogP contribution in [0.5, 0.6) is 11.5 Å². The fourth-order valence-corrected chi connectivity index (χ4v) is 2.51. The number of primary amides is 1. The number of nitrogens with two attached hydrogens (primary N) is 1. The van der Waals surface area contributed by atoms with Crippen molar-refractivity contribution in [1.82, 2.24) is 0 Å². The van der Waals surface area contributed by atoms with E-state index in [1.54, 1.807) is 31.4 Å². The molecule has 0 spiro atoms. The summed E-state index contributed by atoms with van der Waals surface area (Å²) in [6.07, 6.45) is 1.42. The summed E-state index contributed by atoms with van der Waals surface area (Å²) in [6.45, 7) is 4.42. The zero-order valence-corrected chi connectivity index (χ0v) is 14.5. The van der Waals surface area contributed by atoms with Gasteiger partial charge in [-0.2, -0.15) is 5.26 Å². The van der Waals surface area contributed by atoms with Crippen molar-refractivity contribution in [2.24, 2.45) is 5.73 Å². The maximum Gasteiger partial charge on any atom is 0.259 e. The Bertz CT molecular complexity index is 843. The van der Waals surface area contributed by atoms with Crippen LogP contribution in [-0.2, 0) is 11.4 Å². The molecule has 0 bridgehead atoms. The number of amides is 1. The van der Waals surface area contributed by atoms with Gasteiger partial charge in [0.15, 0.2) is 0 Å². The highest BCUT2D eigenvalue weighted by Gasteiger charge is 2.09. The van der Waals surface area contributed by atoms with Crippen LogP contribution in [0, 0.1) is 25.2 Å². The van der Waals surface area contributed by atoms with E-state index in [9.17, 15) is 4.79 Å². The average molecular weight is 336 g/mol. The maximum atomic E-state index is 11.3. The molecule has 0 aliphatic rings. The zero-order chi connectivity index (χ0) is 18.4. The topological polar surface area (TPSA) is 85.3 Å². The molecule has 0 aliphatic carbocycles. The first-order chi connectivity index (χ1) is 11.9. The van der Waals surface area contributed by atoms with Crippen LogP contribution < -0.4 is 15.2 Å². The van der Waals surface area contributed by atoms with Gasteiger partial charge in [-0.3, -0.25) is 4.79 Å². The number of aryl methyl sites for hydroxylation is 2. The van der Waals surface area contributed by atoms with Crippen molar-refractivity contribution in [2.45, 2.75) is 20.5 Å². The number of carbonyl (C=O) groups excluding carboxylic acids is 1. The van der Waals surface area contributed by atoms with E-state index >= 15 is 0 Å². The lowest BCUT2D eigenvalue weighted by atomic mass is 10.1. The third-order valence-electron chi connectivity index (χ3n) is 3.58. The molecular formula is C20H20N2O3. The Morgan fingerprint density at radius 1 is 1.20 bits per heavy atom. The fourth-order valence-electron chi connectivity index (χ4n) is 2.51. The van der Waals surface area contributed by atoms with E-state index in [-0.39, 0.29) is 5.57 Å². The molecule has 128 valence electrons. The van der Waals surface area contributed by atoms with E-state index in [4.69, 9.17) is 20.5 Å². The number of methoxy groups -OCH3 is 1. The Morgan fingerprint density at radius 3 is 2.44 bits per heavy atom. The van der Waals surface area contributed by atoms with Gasteiger partial charge in [0.25, 0.3) is 5.91 Å². The predicted octanol–water partition coefficient (Wildman–Crippen LogP) is 3.28. The quantitative estimate of drug-likeness (QED) is 0.648. The minimum absolute atomic E-state index is 0.138. The third kappa shape index (κ3) is 4.85. The van der Waals surface area contributed by atoms with Gasteiger partial charge in [0.2, 0.25) is 0 Å². The number of carbonyl (C=O) groups is 1. The molecule has 0 saturated heterocycles. The molecule has 25 heavy (non-hydrogen) atoms. The number of hydrogen-bond donors (Lipinski definition) is 1. The Balaban J connectivity index is 2.34. The zero-order valence-electron chi connectivity index (χ0n) is 14.5. The molecule has 0 fully saturated rings. The molecule has 2 rings (SSSR count). The van der Waals surface area contributed by atoms with E-state index < -0.39 is 5.91 Å². The van der Waals surface area contributed by atoms with Crippen molar-refractivity contribution in [3.8, 4) is 17.6 Å². The molecule has 2 aromatic rings. The normalized spacial score (nSPS) is 10.9. The highest BCUT2D eigenvalue weighted by Crippen LogP contribution is 2.28. The van der Waals surface area contributed by atoms with Crippen LogP contribution in [-0.4, -0.2) is 13.0 Å². The summed E-state index contributed by atoms with van der Waals surface area (Å²) in [5.41, 5.74) is 9.00. The average Bonchev–Trinajstić information content (AvgIpc) is 2.57. The van der Waals surface area contributed by atoms with E-state index in [1.165, 1.54) is 6.08 Å². The van der Waals surface area contributed by atoms with Gasteiger partial charge < -0.3 is 15.2 Å². The second-order valence-corrected chi connectivity index (χ2v) is 5.72. The summed E-state index contributed by atoms with van der Waals surface area (Å²) < 4.78 is 11.1. The molecular weight excluding hydrogens is 316 g/mol. The van der Waals surface area contributed by atoms with Crippen molar-refractivity contribution in [3.63, 3.8) is 0 Å². The molecule has 2 aromatic carbocycles. The predicted molar refractivity (Wildman–Crippen MR) is 96.0 cm³/mol. The summed E-state index contributed by atoms with van der Waals surface area (Å²) >= 11 is 0. The van der Waals surface area contributed by atoms with Gasteiger partial charge in [-0.05, 0) is 37.6 Å². The van der Waals surface area contributed by atoms with Crippen molar-refractivity contribution < 1.29 is 14.3 Å². The summed E-state index contributed by atoms with van der Waals surface area (Å²) in [5.74, 6) is 0.344. The number of ether oxygens (including phenoxy) is 2. The first-order valence-electron chi connectivity index (χ1n) is 7.72. The summed E-state index contributed by atoms with van der Waals surface area (Å²) in [4.78, 5) is 11.3. The van der Waals surface area contributed by atoms with Crippen LogP contribution in [0.4, 0.5) is 0 Å². The highest BCUT2D eigenvalue weighted by molar-refractivity contribution is 6.00. The number of rotatable bonds is 6. The minimum atomic E-state index is -0.779. The van der Waals surface area contributed by atoms with Crippen LogP contribution in [0.15, 0.2) is 42.0 Å². The molecule has 5 heteroatoms. The van der Waals surface area contributed by atoms with Crippen LogP contribution in [0.3, 0.4) is 0 Å². The molecule has 0 aliphatic heterocycles. The Labute approximate surface area is 147 Å². The maximum absolute atomic E-state index is 11.3. The molecule has 0 aromatic heterocycles. The monoisotopic (exact) mass is 336 g/mol. The smallest absolute Gasteiger partial charge is 0.259 e. The van der Waals surface area contributed by atoms with Gasteiger partial charge in [0, 0.05) is 11.6 Å². The van der Waals surface area contributed by atoms with E-state index in [1.807, 2.05) is 26.0 Å². The molecule has 2 N–H and O–H groups in total. The fraction of sp³-hybridized carbons (Fsp3) is 0.200. The second-order valence-electron chi connectivity index (χ2n) is 5.72. The van der Waals surface area contributed by atoms with Gasteiger partial charge in [0.05, 0.1) is 7.11 Å². The minimum Gasteiger partial charge on any atom is -0.497 e. The molecule has 0 saturated carbocycles. The summed E-state index contributed by atoms with van der Waals surface area (Å²) in [5, 5.41) is 9.03. The largest absolute Gasteiger partial charge is 0.497 e. The van der Waals surface area contributed by atoms with E-state index in [0.29, 0.717) is 23.7 Å². The number of nitrogens with zero attached hydrogens (tertiary/aromatic N) is 1. The third-order valence-corrected chi connectivity index (χ3v) is 3.58. The second kappa shape index (κ2) is 8.02.